The molecule has 1 unspecified atom stereocenters. The average molecular weight is 308 g/mol. The smallest absolute Gasteiger partial charge is 0.180 e. The van der Waals surface area contributed by atoms with Crippen LogP contribution in [0.25, 0.3) is 0 Å². The van der Waals surface area contributed by atoms with Crippen LogP contribution in [-0.4, -0.2) is 25.7 Å². The van der Waals surface area contributed by atoms with E-state index in [1.54, 1.807) is 23.5 Å². The standard InChI is InChI=1S/C14H16N2O2S2/c1-10-8-19-14(16-10)6-7-15-12-9-20(17,18)13-5-3-2-4-11(12)13/h2-5,8,12,15H,6-7,9H2,1H3. The van der Waals surface area contributed by atoms with E-state index in [1.807, 2.05) is 24.4 Å². The number of nitrogens with one attached hydrogen (secondary N) is 1. The zero-order valence-corrected chi connectivity index (χ0v) is 12.8. The first kappa shape index (κ1) is 13.7. The summed E-state index contributed by atoms with van der Waals surface area (Å²) in [5.74, 6) is 0.156. The summed E-state index contributed by atoms with van der Waals surface area (Å²) in [6.45, 7) is 2.72. The Balaban J connectivity index is 1.68. The lowest BCUT2D eigenvalue weighted by atomic mass is 10.1. The average Bonchev–Trinajstić information content (AvgIpc) is 2.93. The number of aryl methyl sites for hydroxylation is 1. The molecule has 1 aromatic heterocycles. The quantitative estimate of drug-likeness (QED) is 0.940. The second-order valence-corrected chi connectivity index (χ2v) is 7.90. The molecule has 0 aliphatic carbocycles. The molecule has 0 spiro atoms. The van der Waals surface area contributed by atoms with Gasteiger partial charge in [-0.15, -0.1) is 11.3 Å². The van der Waals surface area contributed by atoms with Crippen molar-refractivity contribution in [3.63, 3.8) is 0 Å². The summed E-state index contributed by atoms with van der Waals surface area (Å²) in [6, 6.07) is 7.15. The van der Waals surface area contributed by atoms with Gasteiger partial charge in [0.15, 0.2) is 9.84 Å². The summed E-state index contributed by atoms with van der Waals surface area (Å²) in [5, 5.41) is 6.46. The van der Waals surface area contributed by atoms with Crippen LogP contribution in [0.1, 0.15) is 22.3 Å². The van der Waals surface area contributed by atoms with E-state index in [1.165, 1.54) is 0 Å². The number of hydrogen-bond donors (Lipinski definition) is 1. The first-order valence-electron chi connectivity index (χ1n) is 6.52. The molecule has 4 nitrogen and oxygen atoms in total. The highest BCUT2D eigenvalue weighted by Crippen LogP contribution is 2.32. The Morgan fingerprint density at radius 3 is 2.95 bits per heavy atom. The van der Waals surface area contributed by atoms with E-state index in [-0.39, 0.29) is 11.8 Å². The van der Waals surface area contributed by atoms with Gasteiger partial charge in [0.25, 0.3) is 0 Å². The number of aromatic nitrogens is 1. The van der Waals surface area contributed by atoms with Crippen LogP contribution in [0.2, 0.25) is 0 Å². The van der Waals surface area contributed by atoms with Crippen molar-refractivity contribution in [3.05, 3.63) is 45.9 Å². The van der Waals surface area contributed by atoms with Crippen molar-refractivity contribution in [3.8, 4) is 0 Å². The first-order valence-corrected chi connectivity index (χ1v) is 9.05. The Kier molecular flexibility index (Phi) is 3.62. The molecule has 1 atom stereocenters. The highest BCUT2D eigenvalue weighted by atomic mass is 32.2. The summed E-state index contributed by atoms with van der Waals surface area (Å²) in [5.41, 5.74) is 1.93. The maximum Gasteiger partial charge on any atom is 0.180 e. The van der Waals surface area contributed by atoms with E-state index in [4.69, 9.17) is 0 Å². The Bertz CT molecular complexity index is 722. The second kappa shape index (κ2) is 5.27. The molecule has 0 bridgehead atoms. The van der Waals surface area contributed by atoms with E-state index in [9.17, 15) is 8.42 Å². The third kappa shape index (κ3) is 2.63. The molecule has 0 radical (unpaired) electrons. The maximum atomic E-state index is 12.0. The van der Waals surface area contributed by atoms with Gasteiger partial charge in [-0.2, -0.15) is 0 Å². The third-order valence-electron chi connectivity index (χ3n) is 3.41. The van der Waals surface area contributed by atoms with Crippen molar-refractivity contribution in [2.75, 3.05) is 12.3 Å². The zero-order chi connectivity index (χ0) is 14.2. The molecule has 20 heavy (non-hydrogen) atoms. The molecule has 1 aliphatic rings. The largest absolute Gasteiger partial charge is 0.309 e. The molecule has 1 aliphatic heterocycles. The van der Waals surface area contributed by atoms with Gasteiger partial charge in [0.05, 0.1) is 15.7 Å². The number of thiazole rings is 1. The van der Waals surface area contributed by atoms with Gasteiger partial charge in [-0.3, -0.25) is 0 Å². The van der Waals surface area contributed by atoms with E-state index in [2.05, 4.69) is 10.3 Å². The van der Waals surface area contributed by atoms with E-state index in [0.717, 1.165) is 29.2 Å². The zero-order valence-electron chi connectivity index (χ0n) is 11.2. The number of rotatable bonds is 4. The van der Waals surface area contributed by atoms with Crippen LogP contribution >= 0.6 is 11.3 Å². The monoisotopic (exact) mass is 308 g/mol. The lowest BCUT2D eigenvalue weighted by Gasteiger charge is -2.11. The van der Waals surface area contributed by atoms with Gasteiger partial charge in [0, 0.05) is 30.1 Å². The maximum absolute atomic E-state index is 12.0. The predicted octanol–water partition coefficient (Wildman–Crippen LogP) is 2.11. The molecule has 0 fully saturated rings. The minimum atomic E-state index is -3.12. The van der Waals surface area contributed by atoms with Gasteiger partial charge in [-0.05, 0) is 18.6 Å². The van der Waals surface area contributed by atoms with E-state index in [0.29, 0.717) is 4.90 Å². The van der Waals surface area contributed by atoms with E-state index < -0.39 is 9.84 Å². The molecular formula is C14H16N2O2S2. The third-order valence-corrected chi connectivity index (χ3v) is 6.25. The number of nitrogens with zero attached hydrogens (tertiary/aromatic N) is 1. The van der Waals surface area contributed by atoms with Gasteiger partial charge >= 0.3 is 0 Å². The van der Waals surface area contributed by atoms with Crippen molar-refractivity contribution < 1.29 is 8.42 Å². The van der Waals surface area contributed by atoms with Crippen LogP contribution in [0.5, 0.6) is 0 Å². The van der Waals surface area contributed by atoms with Crippen molar-refractivity contribution in [1.29, 1.82) is 0 Å². The first-order chi connectivity index (χ1) is 9.56. The van der Waals surface area contributed by atoms with Gasteiger partial charge in [-0.1, -0.05) is 18.2 Å². The van der Waals surface area contributed by atoms with Gasteiger partial charge in [0.2, 0.25) is 0 Å². The van der Waals surface area contributed by atoms with Crippen molar-refractivity contribution >= 4 is 21.2 Å². The Morgan fingerprint density at radius 2 is 2.20 bits per heavy atom. The van der Waals surface area contributed by atoms with Crippen LogP contribution in [-0.2, 0) is 16.3 Å². The van der Waals surface area contributed by atoms with Crippen molar-refractivity contribution in [1.82, 2.24) is 10.3 Å². The topological polar surface area (TPSA) is 59.1 Å². The Morgan fingerprint density at radius 1 is 1.40 bits per heavy atom. The number of hydrogen-bond acceptors (Lipinski definition) is 5. The second-order valence-electron chi connectivity index (χ2n) is 4.96. The number of benzene rings is 1. The van der Waals surface area contributed by atoms with Crippen molar-refractivity contribution in [2.45, 2.75) is 24.3 Å². The molecule has 0 amide bonds. The summed E-state index contributed by atoms with van der Waals surface area (Å²) in [7, 11) is -3.12. The fraction of sp³-hybridized carbons (Fsp3) is 0.357. The van der Waals surface area contributed by atoms with Crippen molar-refractivity contribution in [2.24, 2.45) is 0 Å². The van der Waals surface area contributed by atoms with Gasteiger partial charge in [-0.25, -0.2) is 13.4 Å². The molecule has 3 rings (SSSR count). The minimum Gasteiger partial charge on any atom is -0.309 e. The lowest BCUT2D eigenvalue weighted by molar-refractivity contribution is 0.568. The molecule has 2 heterocycles. The van der Waals surface area contributed by atoms with Crippen LogP contribution in [0, 0.1) is 6.92 Å². The lowest BCUT2D eigenvalue weighted by Crippen LogP contribution is -2.25. The molecule has 1 N–H and O–H groups in total. The SMILES string of the molecule is Cc1csc(CCNC2CS(=O)(=O)c3ccccc32)n1. The van der Waals surface area contributed by atoms with Crippen LogP contribution in [0.15, 0.2) is 34.5 Å². The molecule has 2 aromatic rings. The predicted molar refractivity (Wildman–Crippen MR) is 79.8 cm³/mol. The summed E-state index contributed by atoms with van der Waals surface area (Å²) >= 11 is 1.65. The van der Waals surface area contributed by atoms with Crippen LogP contribution < -0.4 is 5.32 Å². The Labute approximate surface area is 122 Å². The fourth-order valence-electron chi connectivity index (χ4n) is 2.49. The summed E-state index contributed by atoms with van der Waals surface area (Å²) in [6.07, 6.45) is 0.831. The number of sulfone groups is 1. The summed E-state index contributed by atoms with van der Waals surface area (Å²) in [4.78, 5) is 4.88. The molecule has 6 heteroatoms. The van der Waals surface area contributed by atoms with E-state index >= 15 is 0 Å². The normalized spacial score (nSPS) is 19.9. The molecular weight excluding hydrogens is 292 g/mol. The minimum absolute atomic E-state index is 0.0998. The van der Waals surface area contributed by atoms with Crippen LogP contribution in [0.4, 0.5) is 0 Å². The molecule has 0 saturated carbocycles. The van der Waals surface area contributed by atoms with Gasteiger partial charge in [0.1, 0.15) is 0 Å². The Hall–Kier alpha value is -1.24. The summed E-state index contributed by atoms with van der Waals surface area (Å²) < 4.78 is 24.1. The number of fused-ring (bicyclic) bond motifs is 1. The molecule has 0 saturated heterocycles. The van der Waals surface area contributed by atoms with Crippen LogP contribution in [0.3, 0.4) is 0 Å². The highest BCUT2D eigenvalue weighted by molar-refractivity contribution is 7.91. The highest BCUT2D eigenvalue weighted by Gasteiger charge is 2.33. The van der Waals surface area contributed by atoms with Gasteiger partial charge < -0.3 is 5.32 Å². The molecule has 106 valence electrons. The fourth-order valence-corrected chi connectivity index (χ4v) is 5.04. The molecule has 1 aromatic carbocycles.